The summed E-state index contributed by atoms with van der Waals surface area (Å²) in [7, 11) is 0. The maximum atomic E-state index is 11.0. The van der Waals surface area contributed by atoms with Gasteiger partial charge in [0.2, 0.25) is 0 Å². The van der Waals surface area contributed by atoms with E-state index in [1.165, 1.54) is 6.20 Å². The molecule has 0 aromatic rings. The molecule has 0 saturated heterocycles. The van der Waals surface area contributed by atoms with Crippen LogP contribution in [-0.4, -0.2) is 11.8 Å². The fourth-order valence-electron chi connectivity index (χ4n) is 0.652. The van der Waals surface area contributed by atoms with Crippen molar-refractivity contribution in [3.8, 4) is 0 Å². The molecular formula is C9H14N2O2. The average molecular weight is 182 g/mol. The quantitative estimate of drug-likeness (QED) is 0.625. The van der Waals surface area contributed by atoms with Gasteiger partial charge in [-0.1, -0.05) is 12.7 Å². The molecule has 0 spiro atoms. The van der Waals surface area contributed by atoms with Crippen molar-refractivity contribution < 1.29 is 9.59 Å². The van der Waals surface area contributed by atoms with Crippen LogP contribution in [0.4, 0.5) is 4.79 Å². The summed E-state index contributed by atoms with van der Waals surface area (Å²) in [6.45, 7) is 5.19. The number of nitrogens with two attached hydrogens (primary N) is 1. The van der Waals surface area contributed by atoms with Crippen LogP contribution in [-0.2, 0) is 4.79 Å². The zero-order valence-electron chi connectivity index (χ0n) is 7.67. The number of hydrogen-bond acceptors (Lipinski definition) is 2. The minimum Gasteiger partial charge on any atom is -0.351 e. The van der Waals surface area contributed by atoms with Crippen LogP contribution in [0.1, 0.15) is 19.8 Å². The van der Waals surface area contributed by atoms with Crippen molar-refractivity contribution in [2.75, 3.05) is 0 Å². The van der Waals surface area contributed by atoms with Crippen molar-refractivity contribution in [3.63, 3.8) is 0 Å². The van der Waals surface area contributed by atoms with E-state index in [0.717, 1.165) is 0 Å². The first kappa shape index (κ1) is 11.4. The summed E-state index contributed by atoms with van der Waals surface area (Å²) in [6.07, 6.45) is 4.08. The van der Waals surface area contributed by atoms with E-state index in [1.807, 2.05) is 0 Å². The molecule has 0 aromatic heterocycles. The molecule has 4 nitrogen and oxygen atoms in total. The lowest BCUT2D eigenvalue weighted by Crippen LogP contribution is -2.23. The van der Waals surface area contributed by atoms with Crippen LogP contribution >= 0.6 is 0 Å². The molecule has 13 heavy (non-hydrogen) atoms. The summed E-state index contributed by atoms with van der Waals surface area (Å²) in [6, 6.07) is -0.609. The Balaban J connectivity index is 3.56. The number of rotatable bonds is 5. The molecule has 0 bridgehead atoms. The van der Waals surface area contributed by atoms with Gasteiger partial charge in [0, 0.05) is 12.6 Å². The van der Waals surface area contributed by atoms with Crippen LogP contribution in [0.3, 0.4) is 0 Å². The number of carbonyl (C=O) groups excluding carboxylic acids is 2. The summed E-state index contributed by atoms with van der Waals surface area (Å²) in [5, 5.41) is 2.27. The molecule has 0 atom stereocenters. The summed E-state index contributed by atoms with van der Waals surface area (Å²) in [5.41, 5.74) is 5.35. The Kier molecular flexibility index (Phi) is 5.27. The van der Waals surface area contributed by atoms with Crippen molar-refractivity contribution in [2.45, 2.75) is 19.8 Å². The van der Waals surface area contributed by atoms with E-state index < -0.39 is 6.03 Å². The summed E-state index contributed by atoms with van der Waals surface area (Å²) >= 11 is 0. The lowest BCUT2D eigenvalue weighted by molar-refractivity contribution is -0.115. The number of hydrogen-bond donors (Lipinski definition) is 2. The lowest BCUT2D eigenvalue weighted by atomic mass is 10.1. The molecule has 4 heteroatoms. The third-order valence-electron chi connectivity index (χ3n) is 1.36. The number of allylic oxidation sites excluding steroid dienone is 2. The number of nitrogens with one attached hydrogen (secondary N) is 1. The zero-order valence-corrected chi connectivity index (χ0v) is 7.67. The first-order chi connectivity index (χ1) is 6.04. The number of ketones is 1. The second kappa shape index (κ2) is 5.99. The van der Waals surface area contributed by atoms with Gasteiger partial charge in [-0.25, -0.2) is 4.79 Å². The first-order valence-corrected chi connectivity index (χ1v) is 3.93. The highest BCUT2D eigenvalue weighted by molar-refractivity contribution is 5.94. The molecule has 2 amide bonds. The molecule has 0 heterocycles. The Bertz CT molecular complexity index is 244. The molecule has 0 unspecified atom stereocenters. The molecule has 3 N–H and O–H groups in total. The van der Waals surface area contributed by atoms with Gasteiger partial charge in [0.05, 0.1) is 0 Å². The molecule has 0 saturated carbocycles. The molecular weight excluding hydrogens is 168 g/mol. The van der Waals surface area contributed by atoms with E-state index in [0.29, 0.717) is 18.4 Å². The van der Waals surface area contributed by atoms with Crippen molar-refractivity contribution in [3.05, 3.63) is 24.4 Å². The molecule has 0 radical (unpaired) electrons. The lowest BCUT2D eigenvalue weighted by Gasteiger charge is -1.95. The standard InChI is InChI=1S/C9H14N2O2/c1-7(2)8(12)5-3-4-6-11-9(10)13/h4,6H,1,3,5H2,2H3,(H3,10,11,13). The van der Waals surface area contributed by atoms with E-state index >= 15 is 0 Å². The molecule has 0 rings (SSSR count). The first-order valence-electron chi connectivity index (χ1n) is 3.93. The van der Waals surface area contributed by atoms with E-state index in [1.54, 1.807) is 13.0 Å². The van der Waals surface area contributed by atoms with Gasteiger partial charge in [-0.2, -0.15) is 0 Å². The van der Waals surface area contributed by atoms with Gasteiger partial charge in [0.15, 0.2) is 5.78 Å². The molecule has 0 aliphatic carbocycles. The molecule has 0 aliphatic heterocycles. The molecule has 0 fully saturated rings. The maximum Gasteiger partial charge on any atom is 0.316 e. The number of urea groups is 1. The third kappa shape index (κ3) is 6.80. The summed E-state index contributed by atoms with van der Waals surface area (Å²) in [5.74, 6) is 0.0312. The van der Waals surface area contributed by atoms with Crippen LogP contribution in [0.25, 0.3) is 0 Å². The number of carbonyl (C=O) groups is 2. The van der Waals surface area contributed by atoms with Crippen LogP contribution in [0.15, 0.2) is 24.4 Å². The Morgan fingerprint density at radius 3 is 2.62 bits per heavy atom. The van der Waals surface area contributed by atoms with Crippen molar-refractivity contribution >= 4 is 11.8 Å². The highest BCUT2D eigenvalue weighted by atomic mass is 16.2. The minimum atomic E-state index is -0.609. The van der Waals surface area contributed by atoms with E-state index in [2.05, 4.69) is 11.9 Å². The van der Waals surface area contributed by atoms with Crippen molar-refractivity contribution in [1.82, 2.24) is 5.32 Å². The topological polar surface area (TPSA) is 72.2 Å². The Morgan fingerprint density at radius 2 is 2.15 bits per heavy atom. The van der Waals surface area contributed by atoms with Crippen molar-refractivity contribution in [2.24, 2.45) is 5.73 Å². The van der Waals surface area contributed by atoms with Gasteiger partial charge in [-0.3, -0.25) is 4.79 Å². The highest BCUT2D eigenvalue weighted by Crippen LogP contribution is 1.99. The monoisotopic (exact) mass is 182 g/mol. The maximum absolute atomic E-state index is 11.0. The summed E-state index contributed by atoms with van der Waals surface area (Å²) < 4.78 is 0. The zero-order chi connectivity index (χ0) is 10.3. The minimum absolute atomic E-state index is 0.0312. The van der Waals surface area contributed by atoms with Gasteiger partial charge in [-0.15, -0.1) is 0 Å². The fourth-order valence-corrected chi connectivity index (χ4v) is 0.652. The normalized spacial score (nSPS) is 9.92. The number of Topliss-reactive ketones (excluding diaryl/α,β-unsaturated/α-hetero) is 1. The van der Waals surface area contributed by atoms with Gasteiger partial charge in [0.1, 0.15) is 0 Å². The molecule has 72 valence electrons. The van der Waals surface area contributed by atoms with Crippen molar-refractivity contribution in [1.29, 1.82) is 0 Å². The second-order valence-electron chi connectivity index (χ2n) is 2.65. The molecule has 0 aliphatic rings. The second-order valence-corrected chi connectivity index (χ2v) is 2.65. The fraction of sp³-hybridized carbons (Fsp3) is 0.333. The Hall–Kier alpha value is -1.58. The number of primary amides is 1. The predicted octanol–water partition coefficient (Wildman–Crippen LogP) is 1.09. The smallest absolute Gasteiger partial charge is 0.316 e. The molecule has 0 aromatic carbocycles. The van der Waals surface area contributed by atoms with E-state index in [9.17, 15) is 9.59 Å². The van der Waals surface area contributed by atoms with E-state index in [4.69, 9.17) is 5.73 Å². The SMILES string of the molecule is C=C(C)C(=O)CCC=CNC(N)=O. The van der Waals surface area contributed by atoms with Gasteiger partial charge in [0.25, 0.3) is 0 Å². The van der Waals surface area contributed by atoms with Crippen LogP contribution in [0.2, 0.25) is 0 Å². The predicted molar refractivity (Wildman–Crippen MR) is 50.9 cm³/mol. The highest BCUT2D eigenvalue weighted by Gasteiger charge is 1.98. The third-order valence-corrected chi connectivity index (χ3v) is 1.36. The van der Waals surface area contributed by atoms with E-state index in [-0.39, 0.29) is 5.78 Å². The van der Waals surface area contributed by atoms with Gasteiger partial charge >= 0.3 is 6.03 Å². The Labute approximate surface area is 77.5 Å². The van der Waals surface area contributed by atoms with Crippen LogP contribution < -0.4 is 11.1 Å². The Morgan fingerprint density at radius 1 is 1.54 bits per heavy atom. The van der Waals surface area contributed by atoms with Gasteiger partial charge < -0.3 is 11.1 Å². The van der Waals surface area contributed by atoms with Gasteiger partial charge in [-0.05, 0) is 18.9 Å². The van der Waals surface area contributed by atoms with Crippen LogP contribution in [0.5, 0.6) is 0 Å². The largest absolute Gasteiger partial charge is 0.351 e. The number of amides is 2. The average Bonchev–Trinajstić information content (AvgIpc) is 2.02. The van der Waals surface area contributed by atoms with Crippen LogP contribution in [0, 0.1) is 0 Å². The summed E-state index contributed by atoms with van der Waals surface area (Å²) in [4.78, 5) is 21.2.